The minimum atomic E-state index is -0.202. The monoisotopic (exact) mass is 294 g/mol. The third-order valence-electron chi connectivity index (χ3n) is 2.53. The number of nitrogens with two attached hydrogens (primary N) is 2. The van der Waals surface area contributed by atoms with E-state index in [0.29, 0.717) is 18.5 Å². The first-order chi connectivity index (χ1) is 10.6. The van der Waals surface area contributed by atoms with Gasteiger partial charge < -0.3 is 16.8 Å². The van der Waals surface area contributed by atoms with E-state index in [2.05, 4.69) is 17.2 Å². The lowest BCUT2D eigenvalue weighted by molar-refractivity contribution is -0.119. The van der Waals surface area contributed by atoms with Crippen LogP contribution in [0.5, 0.6) is 0 Å². The third-order valence-corrected chi connectivity index (χ3v) is 2.53. The lowest BCUT2D eigenvalue weighted by Crippen LogP contribution is -2.28. The average molecular weight is 294 g/mol. The summed E-state index contributed by atoms with van der Waals surface area (Å²) in [5, 5.41) is 10.9. The van der Waals surface area contributed by atoms with Gasteiger partial charge >= 0.3 is 0 Å². The molecule has 0 aliphatic carbocycles. The van der Waals surface area contributed by atoms with Crippen molar-refractivity contribution in [2.24, 2.45) is 11.5 Å². The average Bonchev–Trinajstić information content (AvgIpc) is 2.50. The first kappa shape index (κ1) is 16.9. The molecule has 0 atom stereocenters. The van der Waals surface area contributed by atoms with Crippen LogP contribution in [0.3, 0.4) is 0 Å². The molecule has 0 spiro atoms. The summed E-state index contributed by atoms with van der Waals surface area (Å²) < 4.78 is 0. The summed E-state index contributed by atoms with van der Waals surface area (Å²) in [6, 6.07) is 11.4. The maximum Gasteiger partial charge on any atom is 0.229 e. The van der Waals surface area contributed by atoms with Gasteiger partial charge in [0.05, 0.1) is 18.2 Å². The fraction of sp³-hybridized carbons (Fsp3) is 0.176. The summed E-state index contributed by atoms with van der Waals surface area (Å²) in [7, 11) is 0. The molecule has 0 aliphatic heterocycles. The molecule has 5 nitrogen and oxygen atoms in total. The van der Waals surface area contributed by atoms with Gasteiger partial charge in [-0.1, -0.05) is 36.3 Å². The van der Waals surface area contributed by atoms with E-state index in [1.54, 1.807) is 0 Å². The lowest BCUT2D eigenvalue weighted by Gasteiger charge is -2.04. The van der Waals surface area contributed by atoms with Crippen molar-refractivity contribution in [3.05, 3.63) is 59.6 Å². The zero-order valence-corrected chi connectivity index (χ0v) is 12.2. The number of benzene rings is 1. The minimum Gasteiger partial charge on any atom is -0.392 e. The molecule has 0 fully saturated rings. The summed E-state index contributed by atoms with van der Waals surface area (Å²) in [5.74, 6) is 5.45. The molecule has 5 heteroatoms. The molecule has 1 rings (SSSR count). The topological polar surface area (TPSA) is 105 Å². The molecule has 0 saturated heterocycles. The Morgan fingerprint density at radius 1 is 1.18 bits per heavy atom. The van der Waals surface area contributed by atoms with Crippen LogP contribution in [0.2, 0.25) is 0 Å². The number of hydrogen-bond donors (Lipinski definition) is 3. The number of nitrogens with one attached hydrogen (secondary N) is 1. The van der Waals surface area contributed by atoms with Crippen molar-refractivity contribution in [3.63, 3.8) is 0 Å². The number of amides is 1. The van der Waals surface area contributed by atoms with E-state index in [1.807, 2.05) is 36.4 Å². The number of hydrogen-bond acceptors (Lipinski definition) is 4. The molecule has 1 aromatic rings. The second-order valence-electron chi connectivity index (χ2n) is 4.41. The lowest BCUT2D eigenvalue weighted by atomic mass is 10.1. The Morgan fingerprint density at radius 2 is 1.91 bits per heavy atom. The molecule has 0 bridgehead atoms. The smallest absolute Gasteiger partial charge is 0.229 e. The van der Waals surface area contributed by atoms with Crippen LogP contribution in [0.25, 0.3) is 0 Å². The SMILES string of the molecule is N#CCCC#C/C(N)=C/C=C(\N)NC(=O)Cc1ccccc1. The maximum atomic E-state index is 11.8. The van der Waals surface area contributed by atoms with E-state index in [4.69, 9.17) is 16.7 Å². The highest BCUT2D eigenvalue weighted by atomic mass is 16.1. The summed E-state index contributed by atoms with van der Waals surface area (Å²) in [4.78, 5) is 11.8. The van der Waals surface area contributed by atoms with E-state index in [1.165, 1.54) is 12.2 Å². The van der Waals surface area contributed by atoms with Crippen LogP contribution in [0.1, 0.15) is 18.4 Å². The number of nitriles is 1. The largest absolute Gasteiger partial charge is 0.392 e. The van der Waals surface area contributed by atoms with Crippen molar-refractivity contribution < 1.29 is 4.79 Å². The second-order valence-corrected chi connectivity index (χ2v) is 4.41. The predicted octanol–water partition coefficient (Wildman–Crippen LogP) is 1.30. The van der Waals surface area contributed by atoms with Gasteiger partial charge in [-0.15, -0.1) is 0 Å². The standard InChI is InChI=1S/C17H18N4O/c18-12-6-2-5-9-15(19)10-11-16(20)21-17(22)13-14-7-3-1-4-8-14/h1,3-4,7-8,10-11H,2,6,13,19-20H2,(H,21,22)/b15-10-,16-11+. The van der Waals surface area contributed by atoms with Crippen LogP contribution in [0.15, 0.2) is 54.0 Å². The van der Waals surface area contributed by atoms with Crippen molar-refractivity contribution in [1.82, 2.24) is 5.32 Å². The van der Waals surface area contributed by atoms with Crippen molar-refractivity contribution in [2.75, 3.05) is 0 Å². The summed E-state index contributed by atoms with van der Waals surface area (Å²) in [5.41, 5.74) is 12.6. The molecule has 0 unspecified atom stereocenters. The van der Waals surface area contributed by atoms with Crippen molar-refractivity contribution in [3.8, 4) is 17.9 Å². The molecule has 1 aromatic carbocycles. The van der Waals surface area contributed by atoms with E-state index in [0.717, 1.165) is 5.56 Å². The molecule has 22 heavy (non-hydrogen) atoms. The first-order valence-electron chi connectivity index (χ1n) is 6.74. The van der Waals surface area contributed by atoms with Crippen molar-refractivity contribution in [2.45, 2.75) is 19.3 Å². The summed E-state index contributed by atoms with van der Waals surface area (Å²) in [6.45, 7) is 0. The molecule has 5 N–H and O–H groups in total. The van der Waals surface area contributed by atoms with Crippen LogP contribution in [-0.2, 0) is 11.2 Å². The Bertz CT molecular complexity index is 657. The molecular formula is C17H18N4O. The normalized spacial score (nSPS) is 11.0. The molecule has 0 aromatic heterocycles. The Morgan fingerprint density at radius 3 is 2.59 bits per heavy atom. The predicted molar refractivity (Wildman–Crippen MR) is 85.5 cm³/mol. The van der Waals surface area contributed by atoms with Crippen LogP contribution < -0.4 is 16.8 Å². The van der Waals surface area contributed by atoms with Gasteiger partial charge in [0.15, 0.2) is 0 Å². The highest BCUT2D eigenvalue weighted by molar-refractivity contribution is 5.80. The molecular weight excluding hydrogens is 276 g/mol. The Hall–Kier alpha value is -3.18. The molecule has 0 aliphatic rings. The highest BCUT2D eigenvalue weighted by Gasteiger charge is 2.02. The zero-order chi connectivity index (χ0) is 16.2. The van der Waals surface area contributed by atoms with Crippen LogP contribution in [-0.4, -0.2) is 5.91 Å². The quantitative estimate of drug-likeness (QED) is 0.432. The van der Waals surface area contributed by atoms with Gasteiger partial charge in [0.2, 0.25) is 5.91 Å². The Labute approximate surface area is 130 Å². The van der Waals surface area contributed by atoms with E-state index < -0.39 is 0 Å². The number of unbranched alkanes of at least 4 members (excludes halogenated alkanes) is 1. The Kier molecular flexibility index (Phi) is 7.43. The summed E-state index contributed by atoms with van der Waals surface area (Å²) >= 11 is 0. The van der Waals surface area contributed by atoms with Crippen molar-refractivity contribution >= 4 is 5.91 Å². The van der Waals surface area contributed by atoms with Gasteiger partial charge in [-0.05, 0) is 23.6 Å². The number of carbonyl (C=O) groups is 1. The van der Waals surface area contributed by atoms with Gasteiger partial charge in [0.25, 0.3) is 0 Å². The number of carbonyl (C=O) groups excluding carboxylic acids is 1. The molecule has 0 radical (unpaired) electrons. The second kappa shape index (κ2) is 9.68. The van der Waals surface area contributed by atoms with Gasteiger partial charge in [-0.25, -0.2) is 0 Å². The van der Waals surface area contributed by atoms with Crippen molar-refractivity contribution in [1.29, 1.82) is 5.26 Å². The summed E-state index contributed by atoms with van der Waals surface area (Å²) in [6.07, 6.45) is 4.09. The number of rotatable bonds is 5. The van der Waals surface area contributed by atoms with Gasteiger partial charge in [0, 0.05) is 12.8 Å². The van der Waals surface area contributed by atoms with Gasteiger partial charge in [-0.2, -0.15) is 5.26 Å². The van der Waals surface area contributed by atoms with Crippen LogP contribution >= 0.6 is 0 Å². The van der Waals surface area contributed by atoms with Gasteiger partial charge in [-0.3, -0.25) is 4.79 Å². The molecule has 0 saturated carbocycles. The molecule has 0 heterocycles. The third kappa shape index (κ3) is 7.42. The number of nitrogens with zero attached hydrogens (tertiary/aromatic N) is 1. The van der Waals surface area contributed by atoms with Crippen LogP contribution in [0, 0.1) is 23.2 Å². The zero-order valence-electron chi connectivity index (χ0n) is 12.2. The van der Waals surface area contributed by atoms with E-state index in [-0.39, 0.29) is 18.1 Å². The molecule has 112 valence electrons. The number of allylic oxidation sites excluding steroid dienone is 3. The Balaban J connectivity index is 2.49. The van der Waals surface area contributed by atoms with Crippen LogP contribution in [0.4, 0.5) is 0 Å². The highest BCUT2D eigenvalue weighted by Crippen LogP contribution is 1.99. The fourth-order valence-corrected chi connectivity index (χ4v) is 1.53. The van der Waals surface area contributed by atoms with E-state index in [9.17, 15) is 4.79 Å². The fourth-order valence-electron chi connectivity index (χ4n) is 1.53. The van der Waals surface area contributed by atoms with E-state index >= 15 is 0 Å². The first-order valence-corrected chi connectivity index (χ1v) is 6.74. The minimum absolute atomic E-state index is 0.197. The molecule has 1 amide bonds. The van der Waals surface area contributed by atoms with Gasteiger partial charge in [0.1, 0.15) is 5.82 Å². The maximum absolute atomic E-state index is 11.8.